The Kier molecular flexibility index (Phi) is 14.7. The van der Waals surface area contributed by atoms with Gasteiger partial charge < -0.3 is 49.6 Å². The van der Waals surface area contributed by atoms with Gasteiger partial charge in [-0.3, -0.25) is 38.3 Å². The highest BCUT2D eigenvalue weighted by atomic mass is 19.1. The number of aromatic nitrogens is 4. The number of aliphatic carboxylic acids is 1. The highest BCUT2D eigenvalue weighted by molar-refractivity contribution is 6.05. The first kappa shape index (κ1) is 51.6. The number of hydrogen-bond acceptors (Lipinski definition) is 15. The van der Waals surface area contributed by atoms with Crippen molar-refractivity contribution in [2.45, 2.75) is 44.8 Å². The molecule has 0 radical (unpaired) electrons. The summed E-state index contributed by atoms with van der Waals surface area (Å²) in [6.07, 6.45) is 6.50. The Morgan fingerprint density at radius 3 is 1.86 bits per heavy atom. The number of methoxy groups -OCH3 is 1. The number of aliphatic hydroxyl groups is 1. The van der Waals surface area contributed by atoms with E-state index < -0.39 is 74.7 Å². The molecule has 2 aliphatic heterocycles. The predicted molar refractivity (Wildman–Crippen MR) is 268 cm³/mol. The number of hydrogen-bond donors (Lipinski definition) is 5. The van der Waals surface area contributed by atoms with Gasteiger partial charge in [0.2, 0.25) is 11.5 Å². The smallest absolute Gasteiger partial charge is 0.373 e. The molecular weight excluding hydrogens is 995 g/mol. The number of aromatic hydroxyl groups is 1. The molecule has 2 amide bonds. The normalized spacial score (nSPS) is 13.5. The highest BCUT2D eigenvalue weighted by Gasteiger charge is 2.41. The summed E-state index contributed by atoms with van der Waals surface area (Å²) in [4.78, 5) is 86.4. The predicted octanol–water partition coefficient (Wildman–Crippen LogP) is 5.20. The summed E-state index contributed by atoms with van der Waals surface area (Å²) < 4.78 is 56.6. The van der Waals surface area contributed by atoms with Gasteiger partial charge in [0.15, 0.2) is 28.6 Å². The van der Waals surface area contributed by atoms with Crippen molar-refractivity contribution in [3.05, 3.63) is 174 Å². The summed E-state index contributed by atoms with van der Waals surface area (Å²) in [6.45, 7) is 1.91. The molecule has 1 saturated carbocycles. The molecule has 5 N–H and O–H groups in total. The maximum Gasteiger partial charge on any atom is 0.373 e. The van der Waals surface area contributed by atoms with Gasteiger partial charge in [0.1, 0.15) is 45.9 Å². The number of carboxylic acid groups (broad SMARTS) is 1. The Hall–Kier alpha value is -9.28. The molecule has 7 aromatic rings. The van der Waals surface area contributed by atoms with Crippen LogP contribution in [0.1, 0.15) is 68.3 Å². The quantitative estimate of drug-likeness (QED) is 0.0580. The maximum atomic E-state index is 13.6. The Labute approximate surface area is 429 Å². The van der Waals surface area contributed by atoms with E-state index in [1.54, 1.807) is 31.2 Å². The van der Waals surface area contributed by atoms with E-state index >= 15 is 0 Å². The van der Waals surface area contributed by atoms with Gasteiger partial charge in [0.05, 0.1) is 31.2 Å². The molecule has 76 heavy (non-hydrogen) atoms. The summed E-state index contributed by atoms with van der Waals surface area (Å²) >= 11 is 0. The molecule has 0 atom stereocenters. The minimum Gasteiger partial charge on any atom is -0.505 e. The third-order valence-corrected chi connectivity index (χ3v) is 12.3. The zero-order valence-electron chi connectivity index (χ0n) is 40.6. The molecule has 0 saturated heterocycles. The number of benzene rings is 3. The van der Waals surface area contributed by atoms with Crippen molar-refractivity contribution in [3.63, 3.8) is 0 Å². The molecular formula is C54H46F2N6O14. The molecule has 6 heterocycles. The number of nitrogens with one attached hydrogen (secondary N) is 2. The summed E-state index contributed by atoms with van der Waals surface area (Å²) in [5, 5.41) is 35.8. The minimum absolute atomic E-state index is 0.00302. The van der Waals surface area contributed by atoms with E-state index in [0.29, 0.717) is 35.1 Å². The molecule has 20 nitrogen and oxygen atoms in total. The molecule has 0 spiro atoms. The van der Waals surface area contributed by atoms with Gasteiger partial charge in [0, 0.05) is 56.6 Å². The molecule has 0 unspecified atom stereocenters. The van der Waals surface area contributed by atoms with Crippen molar-refractivity contribution in [2.24, 2.45) is 0 Å². The molecule has 390 valence electrons. The van der Waals surface area contributed by atoms with Gasteiger partial charge in [-0.2, -0.15) is 0 Å². The molecule has 0 bridgehead atoms. The number of carboxylic acids is 1. The van der Waals surface area contributed by atoms with Gasteiger partial charge in [-0.1, -0.05) is 54.6 Å². The van der Waals surface area contributed by atoms with E-state index in [-0.39, 0.29) is 90.8 Å². The highest BCUT2D eigenvalue weighted by Crippen LogP contribution is 2.41. The van der Waals surface area contributed by atoms with Crippen LogP contribution in [0, 0.1) is 11.6 Å². The lowest BCUT2D eigenvalue weighted by Gasteiger charge is -2.23. The van der Waals surface area contributed by atoms with Crippen LogP contribution < -0.4 is 36.0 Å². The van der Waals surface area contributed by atoms with Crippen LogP contribution >= 0.6 is 0 Å². The number of rotatable bonds is 17. The summed E-state index contributed by atoms with van der Waals surface area (Å²) in [7, 11) is 1.45. The van der Waals surface area contributed by atoms with E-state index in [4.69, 9.17) is 23.7 Å². The fourth-order valence-electron chi connectivity index (χ4n) is 8.26. The second-order valence-corrected chi connectivity index (χ2v) is 17.7. The first-order chi connectivity index (χ1) is 36.6. The number of nitrogens with zero attached hydrogens (tertiary/aromatic N) is 4. The Morgan fingerprint density at radius 1 is 0.737 bits per heavy atom. The van der Waals surface area contributed by atoms with E-state index in [0.717, 1.165) is 27.1 Å². The fourth-order valence-corrected chi connectivity index (χ4v) is 8.26. The lowest BCUT2D eigenvalue weighted by atomic mass is 10.0. The number of halogens is 2. The first-order valence-electron chi connectivity index (χ1n) is 23.6. The number of ether oxygens (including phenoxy) is 5. The molecule has 22 heteroatoms. The number of esters is 1. The van der Waals surface area contributed by atoms with Crippen LogP contribution in [0.2, 0.25) is 0 Å². The largest absolute Gasteiger partial charge is 0.505 e. The molecule has 3 aromatic carbocycles. The summed E-state index contributed by atoms with van der Waals surface area (Å²) in [5.74, 6) is -6.04. The Balaban J connectivity index is 0.000000186. The average molecular weight is 1040 g/mol. The van der Waals surface area contributed by atoms with Gasteiger partial charge in [0.25, 0.3) is 22.9 Å². The molecule has 1 aliphatic carbocycles. The fraction of sp³-hybridized carbons (Fsp3) is 0.222. The van der Waals surface area contributed by atoms with E-state index in [1.807, 2.05) is 30.3 Å². The number of amides is 2. The van der Waals surface area contributed by atoms with Crippen LogP contribution in [-0.4, -0.2) is 97.2 Å². The van der Waals surface area contributed by atoms with Crippen molar-refractivity contribution < 1.29 is 67.0 Å². The van der Waals surface area contributed by atoms with Crippen molar-refractivity contribution in [2.75, 3.05) is 33.4 Å². The van der Waals surface area contributed by atoms with E-state index in [9.17, 15) is 52.9 Å². The molecule has 1 fully saturated rings. The third kappa shape index (κ3) is 10.7. The monoisotopic (exact) mass is 1040 g/mol. The lowest BCUT2D eigenvalue weighted by Crippen LogP contribution is -2.38. The topological polar surface area (TPSA) is 269 Å². The van der Waals surface area contributed by atoms with E-state index in [2.05, 4.69) is 20.6 Å². The van der Waals surface area contributed by atoms with Gasteiger partial charge in [-0.25, -0.2) is 18.4 Å². The third-order valence-electron chi connectivity index (χ3n) is 12.3. The Bertz CT molecular complexity index is 3650. The van der Waals surface area contributed by atoms with Crippen LogP contribution in [0.25, 0.3) is 34.5 Å². The summed E-state index contributed by atoms with van der Waals surface area (Å²) in [5.41, 5.74) is -0.336. The van der Waals surface area contributed by atoms with Crippen molar-refractivity contribution in [3.8, 4) is 23.0 Å². The van der Waals surface area contributed by atoms with Crippen molar-refractivity contribution >= 4 is 58.2 Å². The van der Waals surface area contributed by atoms with Crippen LogP contribution in [0.15, 0.2) is 112 Å². The van der Waals surface area contributed by atoms with Crippen LogP contribution in [0.5, 0.6) is 23.0 Å². The molecule has 4 aromatic heterocycles. The summed E-state index contributed by atoms with van der Waals surface area (Å²) in [6, 6.07) is 20.6. The molecule has 10 rings (SSSR count). The standard InChI is InChI=1S/C28H21FN2O7.C26H25FN4O7/c1-2-36-28(35)21-25(37-15-17-6-4-3-5-7-17)22-23-24(38-20(27(33)34)14-31(23)26(21)32)18(13-30-22)12-16-8-10-19(29)11-9-16;1-37-9-8-28-24(34)18-21(32)19-20-22(15(11-29-19)10-14-2-4-16(27)5-3-14)38-17(12-31(20)25(18)35)23(33)30-13-26(36)6-7-26/h3-11,13-14H,2,12,15H2,1H3,(H,33,34);2-5,11-12,32,36H,6-10,13H2,1H3,(H,28,34)(H,30,33). The van der Waals surface area contributed by atoms with Gasteiger partial charge in [-0.15, -0.1) is 0 Å². The number of carbonyl (C=O) groups is 4. The van der Waals surface area contributed by atoms with Gasteiger partial charge in [-0.05, 0) is 60.7 Å². The van der Waals surface area contributed by atoms with Crippen LogP contribution in [0.4, 0.5) is 8.78 Å². The van der Waals surface area contributed by atoms with Crippen molar-refractivity contribution in [1.29, 1.82) is 0 Å². The van der Waals surface area contributed by atoms with E-state index in [1.165, 1.54) is 43.8 Å². The minimum atomic E-state index is -1.41. The SMILES string of the molecule is CCOC(=O)c1c(OCc2ccccc2)c2ncc(Cc3ccc(F)cc3)c3c2n(c1=O)C=C(C(=O)O)O3.COCCNC(=O)c1c(O)c2ncc(Cc3ccc(F)cc3)c3c2n(c1=O)C=C(C(=O)NCC1(O)CC1)O3. The molecule has 3 aliphatic rings. The number of carbonyl (C=O) groups excluding carboxylic acids is 3. The lowest BCUT2D eigenvalue weighted by molar-refractivity contribution is -0.135. The van der Waals surface area contributed by atoms with Crippen LogP contribution in [0.3, 0.4) is 0 Å². The van der Waals surface area contributed by atoms with Crippen LogP contribution in [-0.2, 0) is 38.5 Å². The van der Waals surface area contributed by atoms with Gasteiger partial charge >= 0.3 is 11.9 Å². The average Bonchev–Trinajstić information content (AvgIpc) is 4.28. The maximum absolute atomic E-state index is 13.6. The second-order valence-electron chi connectivity index (χ2n) is 17.7. The first-order valence-corrected chi connectivity index (χ1v) is 23.6. The zero-order valence-corrected chi connectivity index (χ0v) is 40.6. The Morgan fingerprint density at radius 2 is 1.29 bits per heavy atom. The number of pyridine rings is 4. The zero-order chi connectivity index (χ0) is 53.8. The van der Waals surface area contributed by atoms with Crippen molar-refractivity contribution in [1.82, 2.24) is 29.7 Å². The second kappa shape index (κ2) is 21.7.